The molecular formula is C11H12N4O. The second-order valence-corrected chi connectivity index (χ2v) is 4.06. The van der Waals surface area contributed by atoms with Gasteiger partial charge in [-0.15, -0.1) is 0 Å². The summed E-state index contributed by atoms with van der Waals surface area (Å²) in [5, 5.41) is 1.88. The highest BCUT2D eigenvalue weighted by Crippen LogP contribution is 2.24. The fourth-order valence-corrected chi connectivity index (χ4v) is 2.37. The van der Waals surface area contributed by atoms with Gasteiger partial charge < -0.3 is 11.2 Å². The number of fused-ring (bicyclic) bond motifs is 2. The molecule has 1 aliphatic carbocycles. The van der Waals surface area contributed by atoms with E-state index in [1.807, 2.05) is 18.2 Å². The summed E-state index contributed by atoms with van der Waals surface area (Å²) in [7, 11) is 0. The quantitative estimate of drug-likeness (QED) is 0.498. The van der Waals surface area contributed by atoms with Crippen molar-refractivity contribution >= 4 is 17.7 Å². The fraction of sp³-hybridized carbons (Fsp3) is 0.273. The number of amides is 1. The number of nitrogens with one attached hydrogen (secondary N) is 2. The van der Waals surface area contributed by atoms with Gasteiger partial charge in [-0.2, -0.15) is 0 Å². The highest BCUT2D eigenvalue weighted by atomic mass is 16.1. The van der Waals surface area contributed by atoms with Crippen molar-refractivity contribution in [2.75, 3.05) is 6.54 Å². The smallest absolute Gasteiger partial charge is 0.225 e. The summed E-state index contributed by atoms with van der Waals surface area (Å²) in [6.45, 7) is 0.716. The molecule has 4 N–H and O–H groups in total. The first-order valence-corrected chi connectivity index (χ1v) is 5.22. The molecule has 1 aromatic rings. The van der Waals surface area contributed by atoms with Crippen molar-refractivity contribution < 1.29 is 4.79 Å². The molecule has 2 atom stereocenters. The highest BCUT2D eigenvalue weighted by molar-refractivity contribution is 5.85. The summed E-state index contributed by atoms with van der Waals surface area (Å²) in [6.07, 6.45) is 3.58. The number of carbonyl (C=O) groups excluding carboxylic acids is 1. The molecule has 0 aromatic carbocycles. The maximum Gasteiger partial charge on any atom is 0.225 e. The average Bonchev–Trinajstić information content (AvgIpc) is 2.76. The van der Waals surface area contributed by atoms with E-state index in [9.17, 15) is 4.79 Å². The molecule has 1 fully saturated rings. The maximum atomic E-state index is 11.4. The third kappa shape index (κ3) is 1.22. The van der Waals surface area contributed by atoms with Crippen molar-refractivity contribution in [2.45, 2.75) is 0 Å². The lowest BCUT2D eigenvalue weighted by atomic mass is 9.85. The number of nitrogens with zero attached hydrogens (tertiary/aromatic N) is 1. The Hall–Kier alpha value is -1.88. The Morgan fingerprint density at radius 3 is 3.25 bits per heavy atom. The molecule has 0 spiro atoms. The molecule has 2 aliphatic rings. The fourth-order valence-electron chi connectivity index (χ4n) is 2.37. The Labute approximate surface area is 92.0 Å². The topological polar surface area (TPSA) is 80.0 Å². The van der Waals surface area contributed by atoms with Crippen LogP contribution in [0.1, 0.15) is 0 Å². The van der Waals surface area contributed by atoms with E-state index in [0.717, 1.165) is 16.3 Å². The Morgan fingerprint density at radius 1 is 1.56 bits per heavy atom. The van der Waals surface area contributed by atoms with Crippen molar-refractivity contribution in [3.05, 3.63) is 28.9 Å². The van der Waals surface area contributed by atoms with Gasteiger partial charge in [0.2, 0.25) is 5.91 Å². The van der Waals surface area contributed by atoms with E-state index < -0.39 is 0 Å². The largest absolute Gasteiger partial charge is 0.369 e. The van der Waals surface area contributed by atoms with E-state index in [1.165, 1.54) is 0 Å². The van der Waals surface area contributed by atoms with Gasteiger partial charge in [0.25, 0.3) is 0 Å². The maximum absolute atomic E-state index is 11.4. The number of rotatable bonds is 1. The number of hydrogen-bond acceptors (Lipinski definition) is 4. The second-order valence-electron chi connectivity index (χ2n) is 4.06. The van der Waals surface area contributed by atoms with E-state index >= 15 is 0 Å². The molecular weight excluding hydrogens is 204 g/mol. The van der Waals surface area contributed by atoms with Gasteiger partial charge in [0.15, 0.2) is 0 Å². The number of nitrogens with two attached hydrogens (primary N) is 1. The standard InChI is InChI=1S/C11H12N4O/c12-11(16)7-4-9-6(2-1-3-13-9)10-8(7)5-14-15-10/h1-4,7-8,14-15H,5H2,(H2,12,16). The number of aromatic nitrogens is 1. The molecule has 1 aliphatic heterocycles. The monoisotopic (exact) mass is 216 g/mol. The van der Waals surface area contributed by atoms with E-state index in [1.54, 1.807) is 6.20 Å². The zero-order valence-electron chi connectivity index (χ0n) is 8.60. The molecule has 0 bridgehead atoms. The average molecular weight is 216 g/mol. The van der Waals surface area contributed by atoms with Crippen LogP contribution in [0.15, 0.2) is 18.3 Å². The molecule has 5 heteroatoms. The van der Waals surface area contributed by atoms with Gasteiger partial charge in [-0.1, -0.05) is 0 Å². The number of hydrazine groups is 1. The zero-order chi connectivity index (χ0) is 11.1. The van der Waals surface area contributed by atoms with Gasteiger partial charge in [0.1, 0.15) is 0 Å². The van der Waals surface area contributed by atoms with Crippen LogP contribution in [0.5, 0.6) is 0 Å². The molecule has 16 heavy (non-hydrogen) atoms. The van der Waals surface area contributed by atoms with E-state index in [4.69, 9.17) is 5.73 Å². The minimum absolute atomic E-state index is 0.106. The van der Waals surface area contributed by atoms with Crippen molar-refractivity contribution in [3.8, 4) is 0 Å². The molecule has 2 unspecified atom stereocenters. The van der Waals surface area contributed by atoms with Gasteiger partial charge in [-0.3, -0.25) is 9.78 Å². The number of carbonyl (C=O) groups is 1. The van der Waals surface area contributed by atoms with Gasteiger partial charge in [-0.25, -0.2) is 5.43 Å². The number of primary amides is 1. The Kier molecular flexibility index (Phi) is 1.94. The Bertz CT molecular complexity index is 566. The third-order valence-corrected chi connectivity index (χ3v) is 3.14. The van der Waals surface area contributed by atoms with Gasteiger partial charge in [0, 0.05) is 29.6 Å². The van der Waals surface area contributed by atoms with E-state index in [-0.39, 0.29) is 17.7 Å². The van der Waals surface area contributed by atoms with Crippen molar-refractivity contribution in [1.29, 1.82) is 0 Å². The zero-order valence-corrected chi connectivity index (χ0v) is 8.60. The molecule has 0 radical (unpaired) electrons. The number of pyridine rings is 1. The molecule has 1 aromatic heterocycles. The lowest BCUT2D eigenvalue weighted by Crippen LogP contribution is -2.43. The first kappa shape index (κ1) is 9.35. The van der Waals surface area contributed by atoms with Crippen molar-refractivity contribution in [3.63, 3.8) is 0 Å². The minimum atomic E-state index is -0.302. The summed E-state index contributed by atoms with van der Waals surface area (Å²) >= 11 is 0. The van der Waals surface area contributed by atoms with Crippen LogP contribution < -0.4 is 27.2 Å². The summed E-state index contributed by atoms with van der Waals surface area (Å²) < 4.78 is 0. The molecule has 1 saturated heterocycles. The van der Waals surface area contributed by atoms with E-state index in [0.29, 0.717) is 6.54 Å². The SMILES string of the molecule is NC(=O)C1C=c2ncccc2=C2NNCC21. The first-order chi connectivity index (χ1) is 7.77. The minimum Gasteiger partial charge on any atom is -0.369 e. The first-order valence-electron chi connectivity index (χ1n) is 5.22. The van der Waals surface area contributed by atoms with Crippen LogP contribution in [0.25, 0.3) is 11.8 Å². The molecule has 82 valence electrons. The van der Waals surface area contributed by atoms with Crippen LogP contribution >= 0.6 is 0 Å². The lowest BCUT2D eigenvalue weighted by molar-refractivity contribution is -0.120. The number of hydrogen-bond donors (Lipinski definition) is 3. The van der Waals surface area contributed by atoms with Gasteiger partial charge in [0.05, 0.1) is 11.3 Å². The molecule has 5 nitrogen and oxygen atoms in total. The van der Waals surface area contributed by atoms with Gasteiger partial charge >= 0.3 is 0 Å². The Morgan fingerprint density at radius 2 is 2.44 bits per heavy atom. The molecule has 1 amide bonds. The highest BCUT2D eigenvalue weighted by Gasteiger charge is 2.34. The summed E-state index contributed by atoms with van der Waals surface area (Å²) in [6, 6.07) is 3.89. The van der Waals surface area contributed by atoms with Crippen LogP contribution in [0.3, 0.4) is 0 Å². The second kappa shape index (κ2) is 3.31. The van der Waals surface area contributed by atoms with Crippen molar-refractivity contribution in [2.24, 2.45) is 17.6 Å². The third-order valence-electron chi connectivity index (χ3n) is 3.14. The van der Waals surface area contributed by atoms with Crippen LogP contribution in [-0.4, -0.2) is 17.4 Å². The molecule has 0 saturated carbocycles. The van der Waals surface area contributed by atoms with Crippen molar-refractivity contribution in [1.82, 2.24) is 15.8 Å². The molecule has 2 heterocycles. The summed E-state index contributed by atoms with van der Waals surface area (Å²) in [5.74, 6) is -0.474. The predicted molar refractivity (Wildman–Crippen MR) is 58.7 cm³/mol. The van der Waals surface area contributed by atoms with Crippen LogP contribution in [0.2, 0.25) is 0 Å². The van der Waals surface area contributed by atoms with E-state index in [2.05, 4.69) is 15.8 Å². The normalized spacial score (nSPS) is 26.4. The van der Waals surface area contributed by atoms with Crippen LogP contribution in [0, 0.1) is 11.8 Å². The van der Waals surface area contributed by atoms with Crippen LogP contribution in [-0.2, 0) is 4.79 Å². The van der Waals surface area contributed by atoms with Crippen LogP contribution in [0.4, 0.5) is 0 Å². The lowest BCUT2D eigenvalue weighted by Gasteiger charge is -2.20. The van der Waals surface area contributed by atoms with Gasteiger partial charge in [-0.05, 0) is 18.2 Å². The summed E-state index contributed by atoms with van der Waals surface area (Å²) in [5.41, 5.74) is 12.6. The summed E-state index contributed by atoms with van der Waals surface area (Å²) in [4.78, 5) is 15.7. The predicted octanol–water partition coefficient (Wildman–Crippen LogP) is -2.19. The Balaban J connectivity index is 2.30. The molecule has 3 rings (SSSR count).